The maximum atomic E-state index is 13.9. The minimum absolute atomic E-state index is 0.178. The quantitative estimate of drug-likeness (QED) is 0.383. The third-order valence-electron chi connectivity index (χ3n) is 8.22. The SMILES string of the molecule is O=S(=O)(NCC1CCC(CN[C@@H]2CCc3cc(F)ccc3[C@@H]2Cc2cccnc2)CC1)c1ccccc1F. The van der Waals surface area contributed by atoms with Crippen molar-refractivity contribution in [1.29, 1.82) is 0 Å². The van der Waals surface area contributed by atoms with Gasteiger partial charge in [0, 0.05) is 30.9 Å². The van der Waals surface area contributed by atoms with Gasteiger partial charge in [-0.05, 0) is 110 Å². The van der Waals surface area contributed by atoms with Crippen molar-refractivity contribution in [2.45, 2.75) is 61.8 Å². The zero-order valence-corrected chi connectivity index (χ0v) is 22.3. The molecule has 1 aromatic heterocycles. The molecule has 202 valence electrons. The molecule has 38 heavy (non-hydrogen) atoms. The molecule has 1 fully saturated rings. The summed E-state index contributed by atoms with van der Waals surface area (Å²) in [6.07, 6.45) is 10.3. The van der Waals surface area contributed by atoms with Crippen LogP contribution in [0.1, 0.15) is 54.7 Å². The molecule has 0 bridgehead atoms. The van der Waals surface area contributed by atoms with Crippen LogP contribution in [0.2, 0.25) is 0 Å². The number of rotatable bonds is 9. The fourth-order valence-corrected chi connectivity index (χ4v) is 7.27. The average molecular weight is 540 g/mol. The van der Waals surface area contributed by atoms with Gasteiger partial charge in [0.2, 0.25) is 10.0 Å². The minimum Gasteiger partial charge on any atom is -0.313 e. The molecule has 0 aliphatic heterocycles. The standard InChI is InChI=1S/C30H35F2N3O2S/c31-25-12-13-26-24(17-25)11-14-29(27(26)16-23-4-3-15-33-18-23)34-19-21-7-9-22(10-8-21)20-35-38(36,37)30-6-2-1-5-28(30)32/h1-6,12-13,15,17-18,21-22,27,29,34-35H,7-11,14,16,19-20H2/t21?,22?,27-,29+/m0/s1. The van der Waals surface area contributed by atoms with Crippen LogP contribution < -0.4 is 10.0 Å². The second-order valence-electron chi connectivity index (χ2n) is 10.7. The smallest absolute Gasteiger partial charge is 0.243 e. The van der Waals surface area contributed by atoms with Crippen LogP contribution in [0.25, 0.3) is 0 Å². The molecule has 5 rings (SSSR count). The summed E-state index contributed by atoms with van der Waals surface area (Å²) >= 11 is 0. The Morgan fingerprint density at radius 2 is 1.66 bits per heavy atom. The Morgan fingerprint density at radius 3 is 2.39 bits per heavy atom. The van der Waals surface area contributed by atoms with Gasteiger partial charge in [-0.3, -0.25) is 4.98 Å². The minimum atomic E-state index is -3.85. The molecule has 1 heterocycles. The summed E-state index contributed by atoms with van der Waals surface area (Å²) in [5, 5.41) is 3.85. The number of hydrogen-bond donors (Lipinski definition) is 2. The molecule has 0 spiro atoms. The number of pyridine rings is 1. The van der Waals surface area contributed by atoms with Gasteiger partial charge in [-0.25, -0.2) is 21.9 Å². The number of hydrogen-bond acceptors (Lipinski definition) is 4. The highest BCUT2D eigenvalue weighted by molar-refractivity contribution is 7.89. The lowest BCUT2D eigenvalue weighted by Crippen LogP contribution is -2.42. The molecule has 1 saturated carbocycles. The maximum Gasteiger partial charge on any atom is 0.243 e. The first-order valence-electron chi connectivity index (χ1n) is 13.5. The van der Waals surface area contributed by atoms with E-state index in [-0.39, 0.29) is 22.5 Å². The lowest BCUT2D eigenvalue weighted by Gasteiger charge is -2.36. The van der Waals surface area contributed by atoms with Gasteiger partial charge in [-0.15, -0.1) is 0 Å². The number of nitrogens with zero attached hydrogens (tertiary/aromatic N) is 1. The second-order valence-corrected chi connectivity index (χ2v) is 12.5. The number of aryl methyl sites for hydroxylation is 1. The summed E-state index contributed by atoms with van der Waals surface area (Å²) in [5.74, 6) is 0.133. The van der Waals surface area contributed by atoms with Crippen molar-refractivity contribution in [2.24, 2.45) is 11.8 Å². The van der Waals surface area contributed by atoms with Gasteiger partial charge in [-0.1, -0.05) is 24.3 Å². The van der Waals surface area contributed by atoms with E-state index in [1.807, 2.05) is 18.3 Å². The molecule has 0 amide bonds. The highest BCUT2D eigenvalue weighted by Crippen LogP contribution is 2.36. The lowest BCUT2D eigenvalue weighted by molar-refractivity contribution is 0.252. The van der Waals surface area contributed by atoms with Gasteiger partial charge in [0.05, 0.1) is 0 Å². The normalized spacial score (nSPS) is 23.6. The molecule has 0 unspecified atom stereocenters. The van der Waals surface area contributed by atoms with Crippen molar-refractivity contribution >= 4 is 10.0 Å². The van der Waals surface area contributed by atoms with E-state index < -0.39 is 15.8 Å². The first kappa shape index (κ1) is 26.9. The third-order valence-corrected chi connectivity index (χ3v) is 9.67. The molecule has 3 aromatic rings. The van der Waals surface area contributed by atoms with Gasteiger partial charge < -0.3 is 5.32 Å². The summed E-state index contributed by atoms with van der Waals surface area (Å²) in [7, 11) is -3.85. The van der Waals surface area contributed by atoms with Gasteiger partial charge in [-0.2, -0.15) is 0 Å². The molecule has 2 N–H and O–H groups in total. The molecule has 8 heteroatoms. The largest absolute Gasteiger partial charge is 0.313 e. The van der Waals surface area contributed by atoms with E-state index in [0.29, 0.717) is 18.5 Å². The summed E-state index contributed by atoms with van der Waals surface area (Å²) < 4.78 is 55.5. The number of fused-ring (bicyclic) bond motifs is 1. The monoisotopic (exact) mass is 539 g/mol. The molecule has 2 aromatic carbocycles. The van der Waals surface area contributed by atoms with Crippen molar-refractivity contribution in [3.8, 4) is 0 Å². The Labute approximate surface area is 224 Å². The summed E-state index contributed by atoms with van der Waals surface area (Å²) in [6.45, 7) is 1.25. The maximum absolute atomic E-state index is 13.9. The van der Waals surface area contributed by atoms with Crippen molar-refractivity contribution in [1.82, 2.24) is 15.0 Å². The van der Waals surface area contributed by atoms with E-state index in [4.69, 9.17) is 0 Å². The van der Waals surface area contributed by atoms with Crippen LogP contribution in [-0.2, 0) is 22.9 Å². The first-order chi connectivity index (χ1) is 18.4. The predicted octanol–water partition coefficient (Wildman–Crippen LogP) is 5.38. The lowest BCUT2D eigenvalue weighted by atomic mass is 9.76. The van der Waals surface area contributed by atoms with Gasteiger partial charge in [0.15, 0.2) is 0 Å². The molecule has 0 radical (unpaired) electrons. The number of sulfonamides is 1. The van der Waals surface area contributed by atoms with E-state index in [0.717, 1.165) is 63.1 Å². The summed E-state index contributed by atoms with van der Waals surface area (Å²) in [4.78, 5) is 3.99. The number of benzene rings is 2. The van der Waals surface area contributed by atoms with E-state index in [1.165, 1.54) is 29.3 Å². The molecule has 2 aliphatic carbocycles. The van der Waals surface area contributed by atoms with Crippen LogP contribution in [0.3, 0.4) is 0 Å². The number of nitrogens with one attached hydrogen (secondary N) is 2. The number of aromatic nitrogens is 1. The first-order valence-corrected chi connectivity index (χ1v) is 15.0. The molecular formula is C30H35F2N3O2S. The van der Waals surface area contributed by atoms with E-state index >= 15 is 0 Å². The van der Waals surface area contributed by atoms with Crippen molar-refractivity contribution < 1.29 is 17.2 Å². The van der Waals surface area contributed by atoms with Crippen molar-refractivity contribution in [3.63, 3.8) is 0 Å². The van der Waals surface area contributed by atoms with Crippen molar-refractivity contribution in [2.75, 3.05) is 13.1 Å². The van der Waals surface area contributed by atoms with E-state index in [1.54, 1.807) is 18.3 Å². The van der Waals surface area contributed by atoms with Crippen LogP contribution in [-0.4, -0.2) is 32.5 Å². The van der Waals surface area contributed by atoms with Crippen molar-refractivity contribution in [3.05, 3.63) is 95.3 Å². The molecule has 2 aliphatic rings. The molecule has 2 atom stereocenters. The van der Waals surface area contributed by atoms with Crippen LogP contribution in [0.4, 0.5) is 8.78 Å². The number of halogens is 2. The Bertz CT molecular complexity index is 1330. The van der Waals surface area contributed by atoms with E-state index in [9.17, 15) is 17.2 Å². The highest BCUT2D eigenvalue weighted by atomic mass is 32.2. The Hall–Kier alpha value is -2.68. The Balaban J connectivity index is 1.15. The van der Waals surface area contributed by atoms with E-state index in [2.05, 4.69) is 21.1 Å². The molecule has 0 saturated heterocycles. The fraction of sp³-hybridized carbons (Fsp3) is 0.433. The molecule has 5 nitrogen and oxygen atoms in total. The topological polar surface area (TPSA) is 71.1 Å². The van der Waals surface area contributed by atoms with Crippen LogP contribution in [0.5, 0.6) is 0 Å². The fourth-order valence-electron chi connectivity index (χ4n) is 6.08. The van der Waals surface area contributed by atoms with Gasteiger partial charge >= 0.3 is 0 Å². The van der Waals surface area contributed by atoms with Gasteiger partial charge in [0.1, 0.15) is 16.5 Å². The zero-order valence-electron chi connectivity index (χ0n) is 21.5. The van der Waals surface area contributed by atoms with Crippen LogP contribution in [0.15, 0.2) is 71.9 Å². The Morgan fingerprint density at radius 1 is 0.895 bits per heavy atom. The van der Waals surface area contributed by atoms with Crippen LogP contribution >= 0.6 is 0 Å². The van der Waals surface area contributed by atoms with Gasteiger partial charge in [0.25, 0.3) is 0 Å². The Kier molecular flexibility index (Phi) is 8.51. The molecular weight excluding hydrogens is 504 g/mol. The predicted molar refractivity (Wildman–Crippen MR) is 144 cm³/mol. The summed E-state index contributed by atoms with van der Waals surface area (Å²) in [5.41, 5.74) is 3.51. The third kappa shape index (κ3) is 6.47. The highest BCUT2D eigenvalue weighted by Gasteiger charge is 2.31. The second kappa shape index (κ2) is 12.0. The summed E-state index contributed by atoms with van der Waals surface area (Å²) in [6, 6.07) is 15.0. The average Bonchev–Trinajstić information content (AvgIpc) is 2.92. The zero-order chi connectivity index (χ0) is 26.5. The van der Waals surface area contributed by atoms with Crippen LogP contribution in [0, 0.1) is 23.5 Å².